The van der Waals surface area contributed by atoms with Gasteiger partial charge in [-0.05, 0) is 34.0 Å². The van der Waals surface area contributed by atoms with Crippen molar-refractivity contribution in [2.24, 2.45) is 7.05 Å². The molecule has 0 aliphatic rings. The molecule has 0 aliphatic heterocycles. The number of nitrogens with one attached hydrogen (secondary N) is 1. The van der Waals surface area contributed by atoms with E-state index in [4.69, 9.17) is 0 Å². The molecule has 20 heavy (non-hydrogen) atoms. The van der Waals surface area contributed by atoms with Crippen LogP contribution in [0, 0.1) is 0 Å². The lowest BCUT2D eigenvalue weighted by Crippen LogP contribution is -2.30. The molecule has 1 aromatic heterocycles. The van der Waals surface area contributed by atoms with Gasteiger partial charge in [0.1, 0.15) is 5.69 Å². The number of nitrogens with zero attached hydrogens (tertiary/aromatic N) is 1. The summed E-state index contributed by atoms with van der Waals surface area (Å²) in [5.74, 6) is -0.152. The van der Waals surface area contributed by atoms with E-state index in [1.807, 2.05) is 43.6 Å². The second kappa shape index (κ2) is 6.72. The molecule has 4 nitrogen and oxygen atoms in total. The number of hydrogen-bond acceptors (Lipinski definition) is 2. The van der Waals surface area contributed by atoms with Gasteiger partial charge in [-0.1, -0.05) is 30.3 Å². The Bertz CT molecular complexity index is 581. The minimum Gasteiger partial charge on any atom is -0.396 e. The van der Waals surface area contributed by atoms with Crippen LogP contribution in [0.1, 0.15) is 28.5 Å². The van der Waals surface area contributed by atoms with Crippen molar-refractivity contribution in [1.82, 2.24) is 9.88 Å². The highest BCUT2D eigenvalue weighted by Gasteiger charge is 2.17. The summed E-state index contributed by atoms with van der Waals surface area (Å²) < 4.78 is 2.63. The Morgan fingerprint density at radius 1 is 1.40 bits per heavy atom. The molecule has 0 aliphatic carbocycles. The molecule has 0 bridgehead atoms. The second-order valence-electron chi connectivity index (χ2n) is 4.60. The standard InChI is InChI=1S/C15H17BrN2O2/c1-18-10-12(16)9-14(18)15(20)17-13(7-8-19)11-5-3-2-4-6-11/h2-6,9-10,13,19H,7-8H2,1H3,(H,17,20). The molecule has 2 N–H and O–H groups in total. The van der Waals surface area contributed by atoms with Crippen molar-refractivity contribution >= 4 is 21.8 Å². The molecule has 0 spiro atoms. The Morgan fingerprint density at radius 2 is 2.10 bits per heavy atom. The van der Waals surface area contributed by atoms with Gasteiger partial charge in [-0.2, -0.15) is 0 Å². The van der Waals surface area contributed by atoms with Gasteiger partial charge < -0.3 is 15.0 Å². The largest absolute Gasteiger partial charge is 0.396 e. The second-order valence-corrected chi connectivity index (χ2v) is 5.52. The predicted molar refractivity (Wildman–Crippen MR) is 81.5 cm³/mol. The molecule has 1 aromatic carbocycles. The normalized spacial score (nSPS) is 12.2. The van der Waals surface area contributed by atoms with Crippen molar-refractivity contribution in [3.8, 4) is 0 Å². The number of aryl methyl sites for hydroxylation is 1. The number of hydrogen-bond donors (Lipinski definition) is 2. The molecular formula is C15H17BrN2O2. The minimum absolute atomic E-state index is 0.0245. The third-order valence-electron chi connectivity index (χ3n) is 3.13. The maximum absolute atomic E-state index is 12.3. The highest BCUT2D eigenvalue weighted by atomic mass is 79.9. The van der Waals surface area contributed by atoms with Gasteiger partial charge in [0.25, 0.3) is 5.91 Å². The molecule has 5 heteroatoms. The Kier molecular flexibility index (Phi) is 4.98. The van der Waals surface area contributed by atoms with Crippen molar-refractivity contribution in [2.75, 3.05) is 6.61 Å². The summed E-state index contributed by atoms with van der Waals surface area (Å²) in [4.78, 5) is 12.3. The van der Waals surface area contributed by atoms with Crippen LogP contribution in [0.25, 0.3) is 0 Å². The van der Waals surface area contributed by atoms with E-state index in [9.17, 15) is 9.90 Å². The Hall–Kier alpha value is -1.59. The van der Waals surface area contributed by atoms with E-state index in [2.05, 4.69) is 21.2 Å². The van der Waals surface area contributed by atoms with Crippen LogP contribution in [0.5, 0.6) is 0 Å². The van der Waals surface area contributed by atoms with Crippen LogP contribution >= 0.6 is 15.9 Å². The molecular weight excluding hydrogens is 320 g/mol. The highest BCUT2D eigenvalue weighted by molar-refractivity contribution is 9.10. The van der Waals surface area contributed by atoms with Gasteiger partial charge >= 0.3 is 0 Å². The van der Waals surface area contributed by atoms with Crippen LogP contribution in [0.15, 0.2) is 47.1 Å². The Balaban J connectivity index is 2.16. The maximum atomic E-state index is 12.3. The zero-order chi connectivity index (χ0) is 14.5. The lowest BCUT2D eigenvalue weighted by atomic mass is 10.0. The average Bonchev–Trinajstić information content (AvgIpc) is 2.78. The van der Waals surface area contributed by atoms with Gasteiger partial charge in [-0.25, -0.2) is 0 Å². The van der Waals surface area contributed by atoms with Crippen LogP contribution in [-0.4, -0.2) is 22.2 Å². The number of benzene rings is 1. The number of aliphatic hydroxyl groups excluding tert-OH is 1. The molecule has 1 atom stereocenters. The van der Waals surface area contributed by atoms with Crippen molar-refractivity contribution in [2.45, 2.75) is 12.5 Å². The number of aliphatic hydroxyl groups is 1. The maximum Gasteiger partial charge on any atom is 0.268 e. The lowest BCUT2D eigenvalue weighted by molar-refractivity contribution is 0.0921. The van der Waals surface area contributed by atoms with Gasteiger partial charge in [0.15, 0.2) is 0 Å². The van der Waals surface area contributed by atoms with E-state index >= 15 is 0 Å². The van der Waals surface area contributed by atoms with Gasteiger partial charge in [0, 0.05) is 24.3 Å². The van der Waals surface area contributed by atoms with Crippen LogP contribution in [-0.2, 0) is 7.05 Å². The van der Waals surface area contributed by atoms with Crippen LogP contribution in [0.3, 0.4) is 0 Å². The van der Waals surface area contributed by atoms with E-state index in [0.29, 0.717) is 12.1 Å². The summed E-state index contributed by atoms with van der Waals surface area (Å²) in [5.41, 5.74) is 1.57. The first-order valence-corrected chi connectivity index (χ1v) is 7.19. The van der Waals surface area contributed by atoms with Crippen molar-refractivity contribution in [1.29, 1.82) is 0 Å². The fourth-order valence-electron chi connectivity index (χ4n) is 2.12. The molecule has 2 rings (SSSR count). The first kappa shape index (κ1) is 14.8. The summed E-state index contributed by atoms with van der Waals surface area (Å²) in [7, 11) is 1.82. The van der Waals surface area contributed by atoms with Crippen molar-refractivity contribution in [3.63, 3.8) is 0 Å². The van der Waals surface area contributed by atoms with E-state index in [1.54, 1.807) is 10.6 Å². The monoisotopic (exact) mass is 336 g/mol. The van der Waals surface area contributed by atoms with Gasteiger partial charge in [0.2, 0.25) is 0 Å². The van der Waals surface area contributed by atoms with Crippen LogP contribution in [0.2, 0.25) is 0 Å². The Labute approximate surface area is 126 Å². The van der Waals surface area contributed by atoms with E-state index < -0.39 is 0 Å². The summed E-state index contributed by atoms with van der Waals surface area (Å²) >= 11 is 3.35. The van der Waals surface area contributed by atoms with Gasteiger partial charge in [-0.15, -0.1) is 0 Å². The third-order valence-corrected chi connectivity index (χ3v) is 3.56. The molecule has 2 aromatic rings. The van der Waals surface area contributed by atoms with E-state index in [1.165, 1.54) is 0 Å². The van der Waals surface area contributed by atoms with Gasteiger partial charge in [0.05, 0.1) is 6.04 Å². The molecule has 1 heterocycles. The van der Waals surface area contributed by atoms with Gasteiger partial charge in [-0.3, -0.25) is 4.79 Å². The smallest absolute Gasteiger partial charge is 0.268 e. The molecule has 0 radical (unpaired) electrons. The van der Waals surface area contributed by atoms with Crippen molar-refractivity contribution in [3.05, 3.63) is 58.3 Å². The quantitative estimate of drug-likeness (QED) is 0.881. The molecule has 106 valence electrons. The summed E-state index contributed by atoms with van der Waals surface area (Å²) in [6, 6.07) is 11.2. The molecule has 0 saturated heterocycles. The molecule has 0 saturated carbocycles. The minimum atomic E-state index is -0.192. The number of carbonyl (C=O) groups is 1. The van der Waals surface area contributed by atoms with Crippen LogP contribution in [0.4, 0.5) is 0 Å². The average molecular weight is 337 g/mol. The van der Waals surface area contributed by atoms with Crippen molar-refractivity contribution < 1.29 is 9.90 Å². The zero-order valence-electron chi connectivity index (χ0n) is 11.2. The highest BCUT2D eigenvalue weighted by Crippen LogP contribution is 2.18. The molecule has 1 amide bonds. The summed E-state index contributed by atoms with van der Waals surface area (Å²) in [6.45, 7) is 0.0245. The number of rotatable bonds is 5. The first-order chi connectivity index (χ1) is 9.61. The topological polar surface area (TPSA) is 54.3 Å². The SMILES string of the molecule is Cn1cc(Br)cc1C(=O)NC(CCO)c1ccccc1. The third kappa shape index (κ3) is 3.49. The summed E-state index contributed by atoms with van der Waals surface area (Å²) in [5, 5.41) is 12.1. The summed E-state index contributed by atoms with van der Waals surface area (Å²) in [6.07, 6.45) is 2.32. The fourth-order valence-corrected chi connectivity index (χ4v) is 2.64. The molecule has 0 fully saturated rings. The molecule has 1 unspecified atom stereocenters. The first-order valence-electron chi connectivity index (χ1n) is 6.40. The predicted octanol–water partition coefficient (Wildman–Crippen LogP) is 2.64. The van der Waals surface area contributed by atoms with Crippen LogP contribution < -0.4 is 5.32 Å². The number of carbonyl (C=O) groups excluding carboxylic acids is 1. The van der Waals surface area contributed by atoms with E-state index in [0.717, 1.165) is 10.0 Å². The number of amides is 1. The fraction of sp³-hybridized carbons (Fsp3) is 0.267. The number of aromatic nitrogens is 1. The zero-order valence-corrected chi connectivity index (χ0v) is 12.8. The lowest BCUT2D eigenvalue weighted by Gasteiger charge is -2.18. The number of halogens is 1. The Morgan fingerprint density at radius 3 is 2.65 bits per heavy atom. The van der Waals surface area contributed by atoms with E-state index in [-0.39, 0.29) is 18.6 Å².